The molecule has 0 spiro atoms. The summed E-state index contributed by atoms with van der Waals surface area (Å²) in [6.07, 6.45) is 6.00. The van der Waals surface area contributed by atoms with E-state index >= 15 is 0 Å². The Labute approximate surface area is 89.1 Å². The number of nitrogens with two attached hydrogens (primary N) is 1. The lowest BCUT2D eigenvalue weighted by atomic mass is 9.97. The van der Waals surface area contributed by atoms with Crippen LogP contribution >= 0.6 is 11.8 Å². The van der Waals surface area contributed by atoms with Crippen LogP contribution in [0.25, 0.3) is 0 Å². The second-order valence-electron chi connectivity index (χ2n) is 3.95. The third kappa shape index (κ3) is 2.12. The average Bonchev–Trinajstić information content (AvgIpc) is 2.77. The largest absolute Gasteiger partial charge is 0.338 e. The van der Waals surface area contributed by atoms with Gasteiger partial charge in [0.05, 0.1) is 0 Å². The van der Waals surface area contributed by atoms with E-state index in [2.05, 4.69) is 9.55 Å². The van der Waals surface area contributed by atoms with Crippen molar-refractivity contribution in [2.24, 2.45) is 18.7 Å². The molecule has 0 amide bonds. The molecule has 2 heterocycles. The van der Waals surface area contributed by atoms with Crippen molar-refractivity contribution in [3.05, 3.63) is 18.2 Å². The summed E-state index contributed by atoms with van der Waals surface area (Å²) in [5.41, 5.74) is 6.17. The van der Waals surface area contributed by atoms with Gasteiger partial charge < -0.3 is 10.3 Å². The molecule has 2 rings (SSSR count). The Kier molecular flexibility index (Phi) is 3.13. The molecule has 0 saturated carbocycles. The van der Waals surface area contributed by atoms with E-state index < -0.39 is 0 Å². The van der Waals surface area contributed by atoms with Gasteiger partial charge in [0.25, 0.3) is 0 Å². The van der Waals surface area contributed by atoms with Gasteiger partial charge in [-0.25, -0.2) is 4.98 Å². The van der Waals surface area contributed by atoms with E-state index in [-0.39, 0.29) is 6.04 Å². The Balaban J connectivity index is 1.93. The molecule has 3 nitrogen and oxygen atoms in total. The highest BCUT2D eigenvalue weighted by atomic mass is 32.2. The Morgan fingerprint density at radius 3 is 3.21 bits per heavy atom. The zero-order valence-electron chi connectivity index (χ0n) is 8.52. The number of imidazole rings is 1. The van der Waals surface area contributed by atoms with E-state index in [1.54, 1.807) is 0 Å². The molecule has 0 aromatic carbocycles. The van der Waals surface area contributed by atoms with Crippen LogP contribution in [-0.4, -0.2) is 27.1 Å². The molecule has 0 bridgehead atoms. The van der Waals surface area contributed by atoms with Crippen molar-refractivity contribution in [2.75, 3.05) is 11.5 Å². The van der Waals surface area contributed by atoms with Crippen molar-refractivity contribution in [2.45, 2.75) is 18.9 Å². The topological polar surface area (TPSA) is 43.8 Å². The monoisotopic (exact) mass is 211 g/mol. The predicted octanol–water partition coefficient (Wildman–Crippen LogP) is 1.04. The van der Waals surface area contributed by atoms with Crippen LogP contribution in [0.2, 0.25) is 0 Å². The third-order valence-corrected chi connectivity index (χ3v) is 4.10. The van der Waals surface area contributed by atoms with Gasteiger partial charge in [0.15, 0.2) is 0 Å². The summed E-state index contributed by atoms with van der Waals surface area (Å²) in [5.74, 6) is 4.30. The number of hydrogen-bond acceptors (Lipinski definition) is 3. The molecular weight excluding hydrogens is 194 g/mol. The Morgan fingerprint density at radius 2 is 2.64 bits per heavy atom. The molecule has 1 saturated heterocycles. The van der Waals surface area contributed by atoms with Gasteiger partial charge in [0.2, 0.25) is 0 Å². The molecule has 14 heavy (non-hydrogen) atoms. The van der Waals surface area contributed by atoms with Crippen molar-refractivity contribution in [1.82, 2.24) is 9.55 Å². The number of nitrogens with zero attached hydrogens (tertiary/aromatic N) is 2. The summed E-state index contributed by atoms with van der Waals surface area (Å²) in [6.45, 7) is 0. The van der Waals surface area contributed by atoms with Crippen LogP contribution in [0.5, 0.6) is 0 Å². The highest BCUT2D eigenvalue weighted by Crippen LogP contribution is 2.26. The number of rotatable bonds is 3. The zero-order chi connectivity index (χ0) is 9.97. The van der Waals surface area contributed by atoms with Crippen LogP contribution < -0.4 is 5.73 Å². The normalized spacial score (nSPS) is 24.0. The smallest absolute Gasteiger partial charge is 0.109 e. The Bertz CT molecular complexity index is 291. The first-order valence-corrected chi connectivity index (χ1v) is 6.22. The number of thioether (sulfide) groups is 1. The molecule has 2 unspecified atom stereocenters. The maximum absolute atomic E-state index is 6.17. The lowest BCUT2D eigenvalue weighted by Crippen LogP contribution is -2.33. The number of aromatic nitrogens is 2. The molecule has 2 N–H and O–H groups in total. The van der Waals surface area contributed by atoms with Crippen molar-refractivity contribution in [1.29, 1.82) is 0 Å². The van der Waals surface area contributed by atoms with E-state index in [1.165, 1.54) is 17.9 Å². The number of hydrogen-bond donors (Lipinski definition) is 1. The molecule has 1 aliphatic heterocycles. The molecule has 0 radical (unpaired) electrons. The fourth-order valence-corrected chi connectivity index (χ4v) is 3.21. The van der Waals surface area contributed by atoms with Gasteiger partial charge >= 0.3 is 0 Å². The molecule has 1 aliphatic rings. The van der Waals surface area contributed by atoms with Crippen LogP contribution in [0.4, 0.5) is 0 Å². The second-order valence-corrected chi connectivity index (χ2v) is 5.10. The van der Waals surface area contributed by atoms with Gasteiger partial charge in [-0.05, 0) is 23.8 Å². The highest BCUT2D eigenvalue weighted by Gasteiger charge is 2.23. The number of aryl methyl sites for hydroxylation is 1. The summed E-state index contributed by atoms with van der Waals surface area (Å²) in [7, 11) is 2.03. The lowest BCUT2D eigenvalue weighted by molar-refractivity contribution is 0.451. The van der Waals surface area contributed by atoms with E-state index in [0.29, 0.717) is 5.92 Å². The third-order valence-electron chi connectivity index (χ3n) is 2.91. The molecule has 4 heteroatoms. The molecule has 2 atom stereocenters. The predicted molar refractivity (Wildman–Crippen MR) is 60.3 cm³/mol. The van der Waals surface area contributed by atoms with Crippen molar-refractivity contribution >= 4 is 11.8 Å². The van der Waals surface area contributed by atoms with Gasteiger partial charge in [0.1, 0.15) is 5.82 Å². The Hall–Kier alpha value is -0.480. The fourth-order valence-electron chi connectivity index (χ4n) is 1.86. The van der Waals surface area contributed by atoms with E-state index in [4.69, 9.17) is 5.73 Å². The molecule has 1 fully saturated rings. The lowest BCUT2D eigenvalue weighted by Gasteiger charge is -2.17. The van der Waals surface area contributed by atoms with Gasteiger partial charge in [-0.2, -0.15) is 11.8 Å². The van der Waals surface area contributed by atoms with Crippen LogP contribution in [0.15, 0.2) is 12.4 Å². The van der Waals surface area contributed by atoms with Crippen molar-refractivity contribution < 1.29 is 0 Å². The summed E-state index contributed by atoms with van der Waals surface area (Å²) in [4.78, 5) is 4.30. The van der Waals surface area contributed by atoms with Gasteiger partial charge in [-0.15, -0.1) is 0 Å². The fraction of sp³-hybridized carbons (Fsp3) is 0.700. The summed E-state index contributed by atoms with van der Waals surface area (Å²) < 4.78 is 2.06. The van der Waals surface area contributed by atoms with Gasteiger partial charge in [-0.1, -0.05) is 0 Å². The summed E-state index contributed by atoms with van der Waals surface area (Å²) >= 11 is 2.02. The maximum Gasteiger partial charge on any atom is 0.109 e. The molecular formula is C10H17N3S. The molecule has 78 valence electrons. The highest BCUT2D eigenvalue weighted by molar-refractivity contribution is 7.99. The van der Waals surface area contributed by atoms with Crippen molar-refractivity contribution in [3.8, 4) is 0 Å². The SMILES string of the molecule is Cn1ccnc1CC(N)C1CCSC1. The minimum atomic E-state index is 0.283. The maximum atomic E-state index is 6.17. The van der Waals surface area contributed by atoms with Gasteiger partial charge in [-0.3, -0.25) is 0 Å². The minimum absolute atomic E-state index is 0.283. The Morgan fingerprint density at radius 1 is 1.79 bits per heavy atom. The van der Waals surface area contributed by atoms with E-state index in [0.717, 1.165) is 12.2 Å². The summed E-state index contributed by atoms with van der Waals surface area (Å²) in [6, 6.07) is 0.283. The van der Waals surface area contributed by atoms with E-state index in [1.807, 2.05) is 31.2 Å². The van der Waals surface area contributed by atoms with Crippen LogP contribution in [0.1, 0.15) is 12.2 Å². The molecule has 1 aromatic rings. The second kappa shape index (κ2) is 4.36. The quantitative estimate of drug-likeness (QED) is 0.812. The zero-order valence-corrected chi connectivity index (χ0v) is 9.33. The molecule has 0 aliphatic carbocycles. The van der Waals surface area contributed by atoms with Crippen LogP contribution in [0, 0.1) is 5.92 Å². The van der Waals surface area contributed by atoms with Gasteiger partial charge in [0, 0.05) is 31.9 Å². The first-order valence-electron chi connectivity index (χ1n) is 5.07. The van der Waals surface area contributed by atoms with E-state index in [9.17, 15) is 0 Å². The first-order chi connectivity index (χ1) is 6.77. The van der Waals surface area contributed by atoms with Crippen LogP contribution in [0.3, 0.4) is 0 Å². The van der Waals surface area contributed by atoms with Crippen LogP contribution in [-0.2, 0) is 13.5 Å². The average molecular weight is 211 g/mol. The first kappa shape index (κ1) is 10.1. The molecule has 1 aromatic heterocycles. The van der Waals surface area contributed by atoms with Crippen molar-refractivity contribution in [3.63, 3.8) is 0 Å². The summed E-state index contributed by atoms with van der Waals surface area (Å²) in [5, 5.41) is 0. The standard InChI is InChI=1S/C10H17N3S/c1-13-4-3-12-10(13)6-9(11)8-2-5-14-7-8/h3-4,8-9H,2,5-7,11H2,1H3. The minimum Gasteiger partial charge on any atom is -0.338 e.